The molecule has 0 radical (unpaired) electrons. The minimum atomic E-state index is -0.445. The zero-order chi connectivity index (χ0) is 14.4. The Balaban J connectivity index is 0.00000220. The topological polar surface area (TPSA) is 73.6 Å². The van der Waals surface area contributed by atoms with E-state index in [9.17, 15) is 4.79 Å². The number of nitrogens with one attached hydrogen (secondary N) is 1. The minimum Gasteiger partial charge on any atom is -0.486 e. The highest BCUT2D eigenvalue weighted by molar-refractivity contribution is 7.98. The number of fused-ring (bicyclic) bond motifs is 1. The van der Waals surface area contributed by atoms with Crippen molar-refractivity contribution in [2.75, 3.05) is 25.2 Å². The maximum Gasteiger partial charge on any atom is 0.237 e. The summed E-state index contributed by atoms with van der Waals surface area (Å²) in [5, 5.41) is 2.84. The lowest BCUT2D eigenvalue weighted by atomic mass is 10.1. The highest BCUT2D eigenvalue weighted by Crippen LogP contribution is 2.30. The molecule has 21 heavy (non-hydrogen) atoms. The first-order valence-electron chi connectivity index (χ1n) is 6.61. The van der Waals surface area contributed by atoms with Gasteiger partial charge in [-0.3, -0.25) is 4.79 Å². The second-order valence-corrected chi connectivity index (χ2v) is 5.57. The fraction of sp³-hybridized carbons (Fsp3) is 0.500. The normalized spacial score (nSPS) is 14.0. The average Bonchev–Trinajstić information content (AvgIpc) is 2.50. The van der Waals surface area contributed by atoms with Crippen molar-refractivity contribution in [2.24, 2.45) is 5.73 Å². The lowest BCUT2D eigenvalue weighted by molar-refractivity contribution is -0.122. The molecule has 0 fully saturated rings. The van der Waals surface area contributed by atoms with Crippen LogP contribution in [0.5, 0.6) is 11.5 Å². The van der Waals surface area contributed by atoms with Gasteiger partial charge in [0.15, 0.2) is 11.5 Å². The molecular formula is C14H21ClN2O3S. The molecule has 1 aliphatic heterocycles. The number of hydrogen-bond donors (Lipinski definition) is 2. The van der Waals surface area contributed by atoms with E-state index in [0.717, 1.165) is 22.8 Å². The van der Waals surface area contributed by atoms with E-state index < -0.39 is 6.04 Å². The Morgan fingerprint density at radius 1 is 1.38 bits per heavy atom. The average molecular weight is 333 g/mol. The van der Waals surface area contributed by atoms with E-state index >= 15 is 0 Å². The zero-order valence-electron chi connectivity index (χ0n) is 12.0. The molecule has 1 heterocycles. The van der Waals surface area contributed by atoms with Gasteiger partial charge in [-0.2, -0.15) is 11.8 Å². The van der Waals surface area contributed by atoms with Gasteiger partial charge >= 0.3 is 0 Å². The molecule has 1 amide bonds. The highest BCUT2D eigenvalue weighted by Gasteiger charge is 2.14. The van der Waals surface area contributed by atoms with E-state index in [1.165, 1.54) is 0 Å². The molecule has 5 nitrogen and oxygen atoms in total. The molecule has 2 rings (SSSR count). The maximum atomic E-state index is 11.8. The second-order valence-electron chi connectivity index (χ2n) is 4.58. The van der Waals surface area contributed by atoms with Crippen molar-refractivity contribution in [3.05, 3.63) is 23.8 Å². The third kappa shape index (κ3) is 5.30. The molecule has 0 spiro atoms. The molecule has 0 aromatic heterocycles. The van der Waals surface area contributed by atoms with Crippen molar-refractivity contribution in [1.82, 2.24) is 5.32 Å². The van der Waals surface area contributed by atoms with E-state index in [-0.39, 0.29) is 18.3 Å². The number of carbonyl (C=O) groups is 1. The lowest BCUT2D eigenvalue weighted by Gasteiger charge is -2.19. The highest BCUT2D eigenvalue weighted by atomic mass is 35.5. The fourth-order valence-corrected chi connectivity index (χ4v) is 2.38. The van der Waals surface area contributed by atoms with Gasteiger partial charge in [0, 0.05) is 6.54 Å². The van der Waals surface area contributed by atoms with Gasteiger partial charge in [-0.25, -0.2) is 0 Å². The van der Waals surface area contributed by atoms with Crippen LogP contribution >= 0.6 is 24.2 Å². The standard InChI is InChI=1S/C14H20N2O3S.ClH/c1-20-7-4-11(15)14(17)16-9-10-2-3-12-13(8-10)19-6-5-18-12;/h2-3,8,11H,4-7,9,15H2,1H3,(H,16,17);1H/t11-;/m0./s1. The summed E-state index contributed by atoms with van der Waals surface area (Å²) in [5.74, 6) is 2.25. The smallest absolute Gasteiger partial charge is 0.237 e. The summed E-state index contributed by atoms with van der Waals surface area (Å²) in [7, 11) is 0. The van der Waals surface area contributed by atoms with Crippen LogP contribution in [0, 0.1) is 0 Å². The van der Waals surface area contributed by atoms with E-state index in [1.54, 1.807) is 11.8 Å². The molecule has 118 valence electrons. The van der Waals surface area contributed by atoms with Gasteiger partial charge in [0.05, 0.1) is 6.04 Å². The molecule has 0 bridgehead atoms. The molecule has 1 aromatic rings. The number of rotatable bonds is 6. The number of hydrogen-bond acceptors (Lipinski definition) is 5. The molecule has 0 saturated carbocycles. The summed E-state index contributed by atoms with van der Waals surface area (Å²) in [5.41, 5.74) is 6.78. The molecule has 0 unspecified atom stereocenters. The molecule has 1 aromatic carbocycles. The van der Waals surface area contributed by atoms with E-state index in [1.807, 2.05) is 24.5 Å². The first-order chi connectivity index (χ1) is 9.70. The van der Waals surface area contributed by atoms with Crippen LogP contribution in [0.25, 0.3) is 0 Å². The molecule has 1 atom stereocenters. The molecule has 3 N–H and O–H groups in total. The minimum absolute atomic E-state index is 0. The van der Waals surface area contributed by atoms with Crippen molar-refractivity contribution in [3.63, 3.8) is 0 Å². The van der Waals surface area contributed by atoms with Crippen molar-refractivity contribution in [3.8, 4) is 11.5 Å². The maximum absolute atomic E-state index is 11.8. The van der Waals surface area contributed by atoms with Crippen LogP contribution in [0.15, 0.2) is 18.2 Å². The van der Waals surface area contributed by atoms with Gasteiger partial charge in [0.2, 0.25) is 5.91 Å². The van der Waals surface area contributed by atoms with E-state index in [0.29, 0.717) is 26.2 Å². The zero-order valence-corrected chi connectivity index (χ0v) is 13.6. The number of carbonyl (C=O) groups excluding carboxylic acids is 1. The van der Waals surface area contributed by atoms with Gasteiger partial charge in [-0.05, 0) is 36.1 Å². The Morgan fingerprint density at radius 2 is 2.10 bits per heavy atom. The van der Waals surface area contributed by atoms with E-state index in [2.05, 4.69) is 5.32 Å². The Bertz CT molecular complexity index is 474. The molecule has 0 saturated heterocycles. The van der Waals surface area contributed by atoms with Gasteiger partial charge in [-0.1, -0.05) is 6.07 Å². The predicted molar refractivity (Wildman–Crippen MR) is 87.5 cm³/mol. The summed E-state index contributed by atoms with van der Waals surface area (Å²) in [6.07, 6.45) is 2.69. The van der Waals surface area contributed by atoms with Crippen molar-refractivity contribution >= 4 is 30.1 Å². The Hall–Kier alpha value is -1.11. The first-order valence-corrected chi connectivity index (χ1v) is 8.01. The van der Waals surface area contributed by atoms with Crippen molar-refractivity contribution < 1.29 is 14.3 Å². The van der Waals surface area contributed by atoms with Crippen LogP contribution < -0.4 is 20.5 Å². The number of ether oxygens (including phenoxy) is 2. The summed E-state index contributed by atoms with van der Waals surface area (Å²) in [4.78, 5) is 11.8. The van der Waals surface area contributed by atoms with Gasteiger partial charge in [0.25, 0.3) is 0 Å². The van der Waals surface area contributed by atoms with Crippen molar-refractivity contribution in [2.45, 2.75) is 19.0 Å². The van der Waals surface area contributed by atoms with Crippen LogP contribution in [0.4, 0.5) is 0 Å². The molecule has 1 aliphatic rings. The largest absolute Gasteiger partial charge is 0.486 e. The van der Waals surface area contributed by atoms with Crippen molar-refractivity contribution in [1.29, 1.82) is 0 Å². The van der Waals surface area contributed by atoms with Crippen LogP contribution in [-0.2, 0) is 11.3 Å². The lowest BCUT2D eigenvalue weighted by Crippen LogP contribution is -2.40. The fourth-order valence-electron chi connectivity index (χ4n) is 1.89. The summed E-state index contributed by atoms with van der Waals surface area (Å²) in [6.45, 7) is 1.58. The SMILES string of the molecule is CSCC[C@H](N)C(=O)NCc1ccc2c(c1)OCCO2.Cl. The third-order valence-electron chi connectivity index (χ3n) is 3.04. The Labute approximate surface area is 135 Å². The molecular weight excluding hydrogens is 312 g/mol. The number of halogens is 1. The number of thioether (sulfide) groups is 1. The number of benzene rings is 1. The van der Waals surface area contributed by atoms with Gasteiger partial charge in [0.1, 0.15) is 13.2 Å². The van der Waals surface area contributed by atoms with Gasteiger partial charge in [-0.15, -0.1) is 12.4 Å². The number of amides is 1. The Kier molecular flexibility index (Phi) is 7.71. The Morgan fingerprint density at radius 3 is 2.81 bits per heavy atom. The predicted octanol–water partition coefficient (Wildman–Crippen LogP) is 1.58. The first kappa shape index (κ1) is 17.9. The summed E-state index contributed by atoms with van der Waals surface area (Å²) < 4.78 is 11.0. The summed E-state index contributed by atoms with van der Waals surface area (Å²) in [6, 6.07) is 5.23. The van der Waals surface area contributed by atoms with Crippen LogP contribution in [0.3, 0.4) is 0 Å². The number of nitrogens with two attached hydrogens (primary N) is 1. The third-order valence-corrected chi connectivity index (χ3v) is 3.69. The van der Waals surface area contributed by atoms with Crippen LogP contribution in [0.1, 0.15) is 12.0 Å². The van der Waals surface area contributed by atoms with Gasteiger partial charge < -0.3 is 20.5 Å². The van der Waals surface area contributed by atoms with E-state index in [4.69, 9.17) is 15.2 Å². The summed E-state index contributed by atoms with van der Waals surface area (Å²) >= 11 is 1.69. The quantitative estimate of drug-likeness (QED) is 0.827. The van der Waals surface area contributed by atoms with Crippen LogP contribution in [-0.4, -0.2) is 37.2 Å². The molecule has 7 heteroatoms. The second kappa shape index (κ2) is 9.02. The van der Waals surface area contributed by atoms with Crippen LogP contribution in [0.2, 0.25) is 0 Å². The monoisotopic (exact) mass is 332 g/mol. The molecule has 0 aliphatic carbocycles.